The number of benzene rings is 1. The van der Waals surface area contributed by atoms with Crippen LogP contribution in [0.4, 0.5) is 0 Å². The second kappa shape index (κ2) is 4.07. The molecule has 0 saturated heterocycles. The van der Waals surface area contributed by atoms with Crippen LogP contribution in [0, 0.1) is 6.92 Å². The minimum Gasteiger partial charge on any atom is -0.313 e. The van der Waals surface area contributed by atoms with Crippen molar-refractivity contribution in [3.8, 4) is 11.3 Å². The lowest BCUT2D eigenvalue weighted by Crippen LogP contribution is -2.11. The summed E-state index contributed by atoms with van der Waals surface area (Å²) < 4.78 is 0. The Balaban J connectivity index is 2.39. The number of hydrogen-bond acceptors (Lipinski definition) is 3. The summed E-state index contributed by atoms with van der Waals surface area (Å²) in [6, 6.07) is 7.88. The van der Waals surface area contributed by atoms with E-state index in [2.05, 4.69) is 15.0 Å². The summed E-state index contributed by atoms with van der Waals surface area (Å²) in [5.41, 5.74) is 2.15. The number of H-pyrrole nitrogens is 1. The Hall–Kier alpha value is -2.49. The van der Waals surface area contributed by atoms with Gasteiger partial charge in [-0.1, -0.05) is 18.2 Å². The molecule has 4 nitrogen and oxygen atoms in total. The van der Waals surface area contributed by atoms with Crippen molar-refractivity contribution in [1.29, 1.82) is 0 Å². The van der Waals surface area contributed by atoms with Gasteiger partial charge in [0.15, 0.2) is 0 Å². The molecule has 0 atom stereocenters. The number of rotatable bonds is 1. The second-order valence-electron chi connectivity index (χ2n) is 4.11. The van der Waals surface area contributed by atoms with E-state index >= 15 is 0 Å². The molecule has 0 aliphatic carbocycles. The maximum absolute atomic E-state index is 11.6. The summed E-state index contributed by atoms with van der Waals surface area (Å²) in [4.78, 5) is 22.6. The molecule has 0 fully saturated rings. The lowest BCUT2D eigenvalue weighted by molar-refractivity contribution is 1.08. The summed E-state index contributed by atoms with van der Waals surface area (Å²) in [7, 11) is 0. The molecule has 0 aliphatic rings. The number of nitrogens with zero attached hydrogens (tertiary/aromatic N) is 2. The van der Waals surface area contributed by atoms with Gasteiger partial charge in [0.25, 0.3) is 5.56 Å². The van der Waals surface area contributed by atoms with Crippen LogP contribution in [0.2, 0.25) is 0 Å². The summed E-state index contributed by atoms with van der Waals surface area (Å²) in [5.74, 6) is 0. The molecule has 1 aromatic carbocycles. The predicted molar refractivity (Wildman–Crippen MR) is 70.3 cm³/mol. The monoisotopic (exact) mass is 237 g/mol. The zero-order valence-corrected chi connectivity index (χ0v) is 9.84. The molecule has 0 amide bonds. The lowest BCUT2D eigenvalue weighted by atomic mass is 10.0. The molecule has 2 aromatic heterocycles. The number of aromatic nitrogens is 3. The Morgan fingerprint density at radius 3 is 3.00 bits per heavy atom. The van der Waals surface area contributed by atoms with E-state index in [0.29, 0.717) is 11.3 Å². The van der Waals surface area contributed by atoms with E-state index in [1.54, 1.807) is 19.3 Å². The number of fused-ring (bicyclic) bond motifs is 1. The lowest BCUT2D eigenvalue weighted by Gasteiger charge is -2.07. The van der Waals surface area contributed by atoms with Crippen LogP contribution < -0.4 is 5.56 Å². The van der Waals surface area contributed by atoms with E-state index in [9.17, 15) is 4.79 Å². The van der Waals surface area contributed by atoms with E-state index in [1.807, 2.05) is 24.3 Å². The maximum Gasteiger partial charge on any atom is 0.254 e. The molecular formula is C14H11N3O. The minimum absolute atomic E-state index is 0.110. The molecule has 0 saturated carbocycles. The quantitative estimate of drug-likeness (QED) is 0.706. The van der Waals surface area contributed by atoms with E-state index in [4.69, 9.17) is 0 Å². The second-order valence-corrected chi connectivity index (χ2v) is 4.11. The van der Waals surface area contributed by atoms with Gasteiger partial charge in [-0.25, -0.2) is 4.98 Å². The van der Waals surface area contributed by atoms with Crippen LogP contribution in [0.1, 0.15) is 5.56 Å². The normalized spacial score (nSPS) is 10.7. The molecule has 0 bridgehead atoms. The molecule has 1 N–H and O–H groups in total. The first-order valence-electron chi connectivity index (χ1n) is 5.65. The maximum atomic E-state index is 11.6. The van der Waals surface area contributed by atoms with E-state index in [0.717, 1.165) is 16.3 Å². The molecule has 4 heteroatoms. The molecule has 0 radical (unpaired) electrons. The van der Waals surface area contributed by atoms with Crippen LogP contribution in [0.15, 0.2) is 47.8 Å². The van der Waals surface area contributed by atoms with Crippen molar-refractivity contribution in [3.63, 3.8) is 0 Å². The highest BCUT2D eigenvalue weighted by Crippen LogP contribution is 2.27. The summed E-state index contributed by atoms with van der Waals surface area (Å²) >= 11 is 0. The largest absolute Gasteiger partial charge is 0.313 e. The first kappa shape index (κ1) is 10.7. The molecule has 3 rings (SSSR count). The number of pyridine rings is 1. The van der Waals surface area contributed by atoms with Crippen LogP contribution in [0.3, 0.4) is 0 Å². The van der Waals surface area contributed by atoms with Crippen LogP contribution >= 0.6 is 0 Å². The van der Waals surface area contributed by atoms with Crippen molar-refractivity contribution < 1.29 is 0 Å². The molecule has 0 aliphatic heterocycles. The third-order valence-corrected chi connectivity index (χ3v) is 3.02. The van der Waals surface area contributed by atoms with Gasteiger partial charge in [-0.3, -0.25) is 9.78 Å². The van der Waals surface area contributed by atoms with Gasteiger partial charge in [-0.05, 0) is 18.4 Å². The van der Waals surface area contributed by atoms with Crippen molar-refractivity contribution in [1.82, 2.24) is 15.0 Å². The molecule has 0 spiro atoms. The van der Waals surface area contributed by atoms with Crippen LogP contribution in [0.5, 0.6) is 0 Å². The van der Waals surface area contributed by atoms with E-state index < -0.39 is 0 Å². The fourth-order valence-corrected chi connectivity index (χ4v) is 2.06. The number of aromatic amines is 1. The molecule has 3 aromatic rings. The topological polar surface area (TPSA) is 58.6 Å². The third-order valence-electron chi connectivity index (χ3n) is 3.02. The highest BCUT2D eigenvalue weighted by molar-refractivity contribution is 5.95. The Labute approximate surface area is 103 Å². The first-order chi connectivity index (χ1) is 8.77. The Bertz CT molecular complexity index is 772. The molecule has 2 heterocycles. The Morgan fingerprint density at radius 2 is 2.11 bits per heavy atom. The molecular weight excluding hydrogens is 226 g/mol. The highest BCUT2D eigenvalue weighted by Gasteiger charge is 2.09. The van der Waals surface area contributed by atoms with E-state index in [-0.39, 0.29) is 5.56 Å². The number of nitrogens with one attached hydrogen (secondary N) is 1. The Morgan fingerprint density at radius 1 is 1.22 bits per heavy atom. The van der Waals surface area contributed by atoms with Gasteiger partial charge in [0, 0.05) is 28.9 Å². The van der Waals surface area contributed by atoms with Crippen molar-refractivity contribution in [2.45, 2.75) is 6.92 Å². The van der Waals surface area contributed by atoms with Crippen LogP contribution in [0.25, 0.3) is 22.0 Å². The summed E-state index contributed by atoms with van der Waals surface area (Å²) in [6.45, 7) is 1.77. The van der Waals surface area contributed by atoms with Gasteiger partial charge < -0.3 is 4.98 Å². The van der Waals surface area contributed by atoms with Gasteiger partial charge in [-0.2, -0.15) is 0 Å². The first-order valence-corrected chi connectivity index (χ1v) is 5.65. The fraction of sp³-hybridized carbons (Fsp3) is 0.0714. The zero-order chi connectivity index (χ0) is 12.5. The average molecular weight is 237 g/mol. The fourth-order valence-electron chi connectivity index (χ4n) is 2.06. The van der Waals surface area contributed by atoms with Gasteiger partial charge >= 0.3 is 0 Å². The smallest absolute Gasteiger partial charge is 0.254 e. The Kier molecular flexibility index (Phi) is 2.41. The van der Waals surface area contributed by atoms with Crippen molar-refractivity contribution >= 4 is 10.8 Å². The van der Waals surface area contributed by atoms with Crippen molar-refractivity contribution in [3.05, 3.63) is 58.9 Å². The molecule has 0 unspecified atom stereocenters. The van der Waals surface area contributed by atoms with Crippen LogP contribution in [-0.4, -0.2) is 15.0 Å². The predicted octanol–water partition coefficient (Wildman–Crippen LogP) is 2.29. The van der Waals surface area contributed by atoms with E-state index in [1.165, 1.54) is 6.33 Å². The third kappa shape index (κ3) is 1.59. The zero-order valence-electron chi connectivity index (χ0n) is 9.84. The highest BCUT2D eigenvalue weighted by atomic mass is 16.1. The van der Waals surface area contributed by atoms with Gasteiger partial charge in [0.1, 0.15) is 0 Å². The van der Waals surface area contributed by atoms with Gasteiger partial charge in [0.2, 0.25) is 0 Å². The summed E-state index contributed by atoms with van der Waals surface area (Å²) in [5, 5.41) is 2.09. The average Bonchev–Trinajstić information content (AvgIpc) is 2.41. The van der Waals surface area contributed by atoms with Gasteiger partial charge in [0.05, 0.1) is 12.0 Å². The van der Waals surface area contributed by atoms with Crippen molar-refractivity contribution in [2.75, 3.05) is 0 Å². The standard InChI is InChI=1S/C14H11N3O/c1-9-13(16-8-17-14(9)18)11-4-2-3-10-5-6-15-7-12(10)11/h2-8H,1H3,(H,16,17,18). The molecule has 88 valence electrons. The SMILES string of the molecule is Cc1c(-c2cccc3ccncc23)nc[nH]c1=O. The minimum atomic E-state index is -0.110. The van der Waals surface area contributed by atoms with Gasteiger partial charge in [-0.15, -0.1) is 0 Å². The number of hydrogen-bond donors (Lipinski definition) is 1. The van der Waals surface area contributed by atoms with Crippen LogP contribution in [-0.2, 0) is 0 Å². The van der Waals surface area contributed by atoms with Crippen molar-refractivity contribution in [2.24, 2.45) is 0 Å². The summed E-state index contributed by atoms with van der Waals surface area (Å²) in [6.07, 6.45) is 4.98. The molecule has 18 heavy (non-hydrogen) atoms.